The molecule has 0 radical (unpaired) electrons. The maximum absolute atomic E-state index is 13.8. The second kappa shape index (κ2) is 14.4. The van der Waals surface area contributed by atoms with Gasteiger partial charge in [-0.2, -0.15) is 0 Å². The SMILES string of the molecule is O=C(O[C@@H](Cc1cncn1S(=O)(=O)c1ccccc1)C(=O)OCc1ccccc1)C(Cc1ccccc1)Cc1ccccc1. The Bertz CT molecular complexity index is 1720. The highest BCUT2D eigenvalue weighted by Gasteiger charge is 2.32. The van der Waals surface area contributed by atoms with E-state index >= 15 is 0 Å². The van der Waals surface area contributed by atoms with Crippen molar-refractivity contribution < 1.29 is 27.5 Å². The minimum absolute atomic E-state index is 0.0350. The predicted octanol–water partition coefficient (Wildman–Crippen LogP) is 5.42. The number of benzene rings is 4. The zero-order valence-electron chi connectivity index (χ0n) is 23.9. The molecule has 0 aliphatic rings. The first-order valence-electron chi connectivity index (χ1n) is 14.2. The van der Waals surface area contributed by atoms with Crippen molar-refractivity contribution in [2.75, 3.05) is 0 Å². The molecule has 8 nitrogen and oxygen atoms in total. The van der Waals surface area contributed by atoms with E-state index < -0.39 is 34.0 Å². The van der Waals surface area contributed by atoms with Crippen molar-refractivity contribution in [2.45, 2.75) is 36.9 Å². The molecule has 5 aromatic rings. The molecule has 0 bridgehead atoms. The van der Waals surface area contributed by atoms with Crippen LogP contribution in [0.3, 0.4) is 0 Å². The van der Waals surface area contributed by atoms with E-state index in [1.807, 2.05) is 91.0 Å². The van der Waals surface area contributed by atoms with E-state index in [2.05, 4.69) is 4.98 Å². The van der Waals surface area contributed by atoms with E-state index in [1.165, 1.54) is 24.7 Å². The van der Waals surface area contributed by atoms with Gasteiger partial charge in [0.25, 0.3) is 10.0 Å². The van der Waals surface area contributed by atoms with Crippen LogP contribution in [0.4, 0.5) is 0 Å². The second-order valence-corrected chi connectivity index (χ2v) is 12.1. The van der Waals surface area contributed by atoms with Crippen molar-refractivity contribution in [1.82, 2.24) is 8.96 Å². The Kier molecular flexibility index (Phi) is 9.99. The van der Waals surface area contributed by atoms with Crippen LogP contribution in [0.1, 0.15) is 22.4 Å². The first-order chi connectivity index (χ1) is 21.4. The number of imidazole rings is 1. The number of ether oxygens (including phenoxy) is 2. The number of hydrogen-bond donors (Lipinski definition) is 0. The molecule has 0 aliphatic carbocycles. The maximum atomic E-state index is 13.8. The van der Waals surface area contributed by atoms with E-state index in [1.54, 1.807) is 18.2 Å². The topological polar surface area (TPSA) is 105 Å². The van der Waals surface area contributed by atoms with Crippen LogP contribution in [0.2, 0.25) is 0 Å². The van der Waals surface area contributed by atoms with Crippen LogP contribution in [-0.4, -0.2) is 35.4 Å². The fourth-order valence-electron chi connectivity index (χ4n) is 4.83. The molecule has 0 N–H and O–H groups in total. The smallest absolute Gasteiger partial charge is 0.348 e. The van der Waals surface area contributed by atoms with Crippen molar-refractivity contribution in [1.29, 1.82) is 0 Å². The zero-order valence-corrected chi connectivity index (χ0v) is 24.8. The first-order valence-corrected chi connectivity index (χ1v) is 15.6. The van der Waals surface area contributed by atoms with Gasteiger partial charge < -0.3 is 9.47 Å². The third-order valence-corrected chi connectivity index (χ3v) is 8.82. The molecule has 1 heterocycles. The van der Waals surface area contributed by atoms with Gasteiger partial charge in [0.15, 0.2) is 0 Å². The van der Waals surface area contributed by atoms with Crippen LogP contribution in [-0.2, 0) is 55.0 Å². The summed E-state index contributed by atoms with van der Waals surface area (Å²) in [6.07, 6.45) is 1.62. The van der Waals surface area contributed by atoms with Crippen molar-refractivity contribution in [2.24, 2.45) is 5.92 Å². The number of hydrogen-bond acceptors (Lipinski definition) is 7. The Labute approximate surface area is 257 Å². The molecule has 0 aliphatic heterocycles. The summed E-state index contributed by atoms with van der Waals surface area (Å²) in [5, 5.41) is 0. The van der Waals surface area contributed by atoms with Crippen molar-refractivity contribution in [3.63, 3.8) is 0 Å². The molecular weight excluding hydrogens is 576 g/mol. The Morgan fingerprint density at radius 3 is 1.70 bits per heavy atom. The Morgan fingerprint density at radius 2 is 1.16 bits per heavy atom. The fourth-order valence-corrected chi connectivity index (χ4v) is 6.17. The van der Waals surface area contributed by atoms with Gasteiger partial charge in [-0.15, -0.1) is 0 Å². The number of nitrogens with zero attached hydrogens (tertiary/aromatic N) is 2. The van der Waals surface area contributed by atoms with Crippen LogP contribution in [0, 0.1) is 5.92 Å². The lowest BCUT2D eigenvalue weighted by molar-refractivity contribution is -0.171. The Hall–Kier alpha value is -5.02. The number of aromatic nitrogens is 2. The van der Waals surface area contributed by atoms with Crippen LogP contribution < -0.4 is 0 Å². The summed E-state index contributed by atoms with van der Waals surface area (Å²) in [5.74, 6) is -1.98. The lowest BCUT2D eigenvalue weighted by Crippen LogP contribution is -2.35. The molecule has 5 rings (SSSR count). The van der Waals surface area contributed by atoms with Gasteiger partial charge in [-0.05, 0) is 41.7 Å². The summed E-state index contributed by atoms with van der Waals surface area (Å²) < 4.78 is 39.3. The highest BCUT2D eigenvalue weighted by Crippen LogP contribution is 2.21. The minimum atomic E-state index is -4.02. The molecular formula is C35H32N2O6S. The lowest BCUT2D eigenvalue weighted by atomic mass is 9.92. The van der Waals surface area contributed by atoms with Gasteiger partial charge in [-0.1, -0.05) is 109 Å². The lowest BCUT2D eigenvalue weighted by Gasteiger charge is -2.22. The first kappa shape index (κ1) is 30.4. The highest BCUT2D eigenvalue weighted by molar-refractivity contribution is 7.90. The van der Waals surface area contributed by atoms with E-state index in [0.29, 0.717) is 12.8 Å². The van der Waals surface area contributed by atoms with Gasteiger partial charge >= 0.3 is 11.9 Å². The summed E-state index contributed by atoms with van der Waals surface area (Å²) in [7, 11) is -4.02. The Balaban J connectivity index is 1.42. The molecule has 0 saturated heterocycles. The summed E-state index contributed by atoms with van der Waals surface area (Å²) in [6, 6.07) is 36.2. The monoisotopic (exact) mass is 608 g/mol. The second-order valence-electron chi connectivity index (χ2n) is 10.3. The van der Waals surface area contributed by atoms with E-state index in [-0.39, 0.29) is 23.6 Å². The summed E-state index contributed by atoms with van der Waals surface area (Å²) in [4.78, 5) is 31.4. The molecule has 0 unspecified atom stereocenters. The van der Waals surface area contributed by atoms with E-state index in [0.717, 1.165) is 20.7 Å². The number of rotatable bonds is 13. The number of carbonyl (C=O) groups excluding carboxylic acids is 2. The van der Waals surface area contributed by atoms with Crippen molar-refractivity contribution in [3.8, 4) is 0 Å². The highest BCUT2D eigenvalue weighted by atomic mass is 32.2. The fraction of sp³-hybridized carbons (Fsp3) is 0.171. The standard InChI is InChI=1S/C35H32N2O6S/c38-34(30(21-27-13-5-1-6-14-27)22-28-15-7-2-8-16-28)43-33(35(39)42-25-29-17-9-3-10-18-29)23-31-24-36-26-37(31)44(40,41)32-19-11-4-12-20-32/h1-20,24,26,30,33H,21-23,25H2/t33-/m0/s1. The summed E-state index contributed by atoms with van der Waals surface area (Å²) >= 11 is 0. The predicted molar refractivity (Wildman–Crippen MR) is 165 cm³/mol. The van der Waals surface area contributed by atoms with Gasteiger partial charge in [0.05, 0.1) is 16.5 Å². The minimum Gasteiger partial charge on any atom is -0.458 e. The van der Waals surface area contributed by atoms with Crippen molar-refractivity contribution >= 4 is 22.0 Å². The van der Waals surface area contributed by atoms with Gasteiger partial charge in [-0.25, -0.2) is 22.2 Å². The number of esters is 2. The van der Waals surface area contributed by atoms with E-state index in [4.69, 9.17) is 9.47 Å². The normalized spacial score (nSPS) is 12.0. The van der Waals surface area contributed by atoms with Crippen LogP contribution >= 0.6 is 0 Å². The van der Waals surface area contributed by atoms with Gasteiger partial charge in [0, 0.05) is 12.6 Å². The average Bonchev–Trinajstić information content (AvgIpc) is 3.54. The quantitative estimate of drug-likeness (QED) is 0.164. The van der Waals surface area contributed by atoms with E-state index in [9.17, 15) is 18.0 Å². The molecule has 4 aromatic carbocycles. The molecule has 0 spiro atoms. The summed E-state index contributed by atoms with van der Waals surface area (Å²) in [5.41, 5.74) is 2.82. The molecule has 44 heavy (non-hydrogen) atoms. The molecule has 0 amide bonds. The third kappa shape index (κ3) is 7.87. The van der Waals surface area contributed by atoms with Gasteiger partial charge in [0.2, 0.25) is 6.10 Å². The molecule has 9 heteroatoms. The zero-order chi connectivity index (χ0) is 30.8. The maximum Gasteiger partial charge on any atom is 0.348 e. The molecule has 0 fully saturated rings. The average molecular weight is 609 g/mol. The third-order valence-electron chi connectivity index (χ3n) is 7.10. The Morgan fingerprint density at radius 1 is 0.659 bits per heavy atom. The van der Waals surface area contributed by atoms with Gasteiger partial charge in [-0.3, -0.25) is 4.79 Å². The summed E-state index contributed by atoms with van der Waals surface area (Å²) in [6.45, 7) is -0.0350. The molecule has 1 atom stereocenters. The van der Waals surface area contributed by atoms with Crippen LogP contribution in [0.25, 0.3) is 0 Å². The van der Waals surface area contributed by atoms with Crippen molar-refractivity contribution in [3.05, 3.63) is 156 Å². The molecule has 224 valence electrons. The largest absolute Gasteiger partial charge is 0.458 e. The molecule has 1 aromatic heterocycles. The van der Waals surface area contributed by atoms with Crippen LogP contribution in [0.5, 0.6) is 0 Å². The number of carbonyl (C=O) groups is 2. The van der Waals surface area contributed by atoms with Crippen LogP contribution in [0.15, 0.2) is 139 Å². The molecule has 0 saturated carbocycles. The van der Waals surface area contributed by atoms with Gasteiger partial charge in [0.1, 0.15) is 12.9 Å².